The van der Waals surface area contributed by atoms with Crippen LogP contribution in [0.2, 0.25) is 5.02 Å². The van der Waals surface area contributed by atoms with Gasteiger partial charge in [-0.15, -0.1) is 0 Å². The second-order valence-corrected chi connectivity index (χ2v) is 8.08. The van der Waals surface area contributed by atoms with Crippen LogP contribution in [0.5, 0.6) is 0 Å². The molecule has 0 saturated carbocycles. The van der Waals surface area contributed by atoms with E-state index in [1.165, 1.54) is 4.90 Å². The summed E-state index contributed by atoms with van der Waals surface area (Å²) in [7, 11) is -3.53. The van der Waals surface area contributed by atoms with E-state index in [9.17, 15) is 18.3 Å². The van der Waals surface area contributed by atoms with Crippen LogP contribution >= 0.6 is 11.6 Å². The highest BCUT2D eigenvalue weighted by Crippen LogP contribution is 2.34. The van der Waals surface area contributed by atoms with E-state index >= 15 is 0 Å². The minimum absolute atomic E-state index is 0.0402. The number of halogens is 1. The van der Waals surface area contributed by atoms with E-state index in [0.29, 0.717) is 18.1 Å². The zero-order chi connectivity index (χ0) is 18.4. The standard InChI is InChI=1S/C16H22ClNO6S/c1-25(21,22)24-9-8-23-15(12-4-2-6-14(17)10-12)13-5-3-7-18(11-13)16(19)20/h2,4,6,10,13,15H,3,5,7-9,11H2,1H3,(H,19,20)/t13?,15-/m0/s1. The summed E-state index contributed by atoms with van der Waals surface area (Å²) in [6.07, 6.45) is 1.21. The van der Waals surface area contributed by atoms with Gasteiger partial charge in [-0.05, 0) is 30.5 Å². The molecule has 1 aromatic carbocycles. The molecule has 2 rings (SSSR count). The van der Waals surface area contributed by atoms with Gasteiger partial charge >= 0.3 is 6.09 Å². The second kappa shape index (κ2) is 8.84. The Labute approximate surface area is 152 Å². The molecule has 1 aliphatic heterocycles. The molecule has 1 N–H and O–H groups in total. The Morgan fingerprint density at radius 2 is 2.20 bits per heavy atom. The van der Waals surface area contributed by atoms with Crippen molar-refractivity contribution in [3.05, 3.63) is 34.9 Å². The van der Waals surface area contributed by atoms with Crippen LogP contribution in [-0.2, 0) is 19.0 Å². The SMILES string of the molecule is CS(=O)(=O)OCCO[C@@H](c1cccc(Cl)c1)C1CCCN(C(=O)O)C1. The Hall–Kier alpha value is -1.35. The Morgan fingerprint density at radius 3 is 2.84 bits per heavy atom. The van der Waals surface area contributed by atoms with Crippen molar-refractivity contribution in [2.24, 2.45) is 5.92 Å². The predicted octanol–water partition coefficient (Wildman–Crippen LogP) is 2.76. The van der Waals surface area contributed by atoms with Gasteiger partial charge in [-0.1, -0.05) is 23.7 Å². The van der Waals surface area contributed by atoms with Gasteiger partial charge in [-0.25, -0.2) is 4.79 Å². The lowest BCUT2D eigenvalue weighted by Gasteiger charge is -2.35. The average Bonchev–Trinajstić information content (AvgIpc) is 2.54. The van der Waals surface area contributed by atoms with E-state index < -0.39 is 16.2 Å². The topological polar surface area (TPSA) is 93.1 Å². The van der Waals surface area contributed by atoms with Crippen molar-refractivity contribution < 1.29 is 27.2 Å². The third-order valence-electron chi connectivity index (χ3n) is 4.01. The number of nitrogens with zero attached hydrogens (tertiary/aromatic N) is 1. The van der Waals surface area contributed by atoms with Gasteiger partial charge in [0.05, 0.1) is 25.6 Å². The first-order valence-corrected chi connectivity index (χ1v) is 10.1. The highest BCUT2D eigenvalue weighted by molar-refractivity contribution is 7.85. The number of benzene rings is 1. The Balaban J connectivity index is 2.10. The smallest absolute Gasteiger partial charge is 0.407 e. The zero-order valence-electron chi connectivity index (χ0n) is 13.9. The van der Waals surface area contributed by atoms with E-state index in [-0.39, 0.29) is 25.2 Å². The quantitative estimate of drug-likeness (QED) is 0.567. The summed E-state index contributed by atoms with van der Waals surface area (Å²) in [5.74, 6) is -0.0402. The maximum Gasteiger partial charge on any atom is 0.407 e. The molecule has 0 spiro atoms. The van der Waals surface area contributed by atoms with Crippen molar-refractivity contribution in [3.8, 4) is 0 Å². The number of carboxylic acid groups (broad SMARTS) is 1. The molecular weight excluding hydrogens is 370 g/mol. The van der Waals surface area contributed by atoms with E-state index in [4.69, 9.17) is 20.5 Å². The fourth-order valence-corrected chi connectivity index (χ4v) is 3.55. The summed E-state index contributed by atoms with van der Waals surface area (Å²) in [6.45, 7) is 0.851. The molecule has 7 nitrogen and oxygen atoms in total. The maximum atomic E-state index is 11.3. The summed E-state index contributed by atoms with van der Waals surface area (Å²) >= 11 is 6.06. The van der Waals surface area contributed by atoms with Gasteiger partial charge in [0, 0.05) is 24.0 Å². The number of hydrogen-bond acceptors (Lipinski definition) is 5. The third kappa shape index (κ3) is 6.47. The fourth-order valence-electron chi connectivity index (χ4n) is 2.98. The van der Waals surface area contributed by atoms with E-state index in [2.05, 4.69) is 0 Å². The first-order chi connectivity index (χ1) is 11.8. The summed E-state index contributed by atoms with van der Waals surface area (Å²) < 4.78 is 32.7. The van der Waals surface area contributed by atoms with Crippen molar-refractivity contribution in [1.82, 2.24) is 4.90 Å². The summed E-state index contributed by atoms with van der Waals surface area (Å²) in [5, 5.41) is 9.79. The maximum absolute atomic E-state index is 11.3. The van der Waals surface area contributed by atoms with Crippen LogP contribution in [-0.4, -0.2) is 57.1 Å². The van der Waals surface area contributed by atoms with E-state index in [1.807, 2.05) is 6.07 Å². The highest BCUT2D eigenvalue weighted by atomic mass is 35.5. The molecule has 0 bridgehead atoms. The predicted molar refractivity (Wildman–Crippen MR) is 93.3 cm³/mol. The number of rotatable bonds is 7. The number of hydrogen-bond donors (Lipinski definition) is 1. The van der Waals surface area contributed by atoms with Gasteiger partial charge in [-0.3, -0.25) is 4.18 Å². The average molecular weight is 392 g/mol. The molecule has 1 heterocycles. The van der Waals surface area contributed by atoms with Crippen LogP contribution in [0.3, 0.4) is 0 Å². The van der Waals surface area contributed by atoms with Gasteiger partial charge in [0.1, 0.15) is 0 Å². The van der Waals surface area contributed by atoms with Crippen molar-refractivity contribution in [3.63, 3.8) is 0 Å². The number of piperidine rings is 1. The number of carbonyl (C=O) groups is 1. The van der Waals surface area contributed by atoms with Crippen molar-refractivity contribution in [2.75, 3.05) is 32.6 Å². The van der Waals surface area contributed by atoms with Crippen LogP contribution in [0.1, 0.15) is 24.5 Å². The zero-order valence-corrected chi connectivity index (χ0v) is 15.5. The molecule has 9 heteroatoms. The Morgan fingerprint density at radius 1 is 1.44 bits per heavy atom. The van der Waals surface area contributed by atoms with Crippen LogP contribution in [0, 0.1) is 5.92 Å². The normalized spacial score (nSPS) is 19.6. The van der Waals surface area contributed by atoms with Crippen molar-refractivity contribution in [2.45, 2.75) is 18.9 Å². The summed E-state index contributed by atoms with van der Waals surface area (Å²) in [6, 6.07) is 7.20. The molecule has 1 amide bonds. The molecule has 1 fully saturated rings. The second-order valence-electron chi connectivity index (χ2n) is 6.00. The third-order valence-corrected chi connectivity index (χ3v) is 4.84. The largest absolute Gasteiger partial charge is 0.465 e. The minimum Gasteiger partial charge on any atom is -0.465 e. The van der Waals surface area contributed by atoms with Crippen LogP contribution < -0.4 is 0 Å². The van der Waals surface area contributed by atoms with Crippen molar-refractivity contribution in [1.29, 1.82) is 0 Å². The molecule has 1 unspecified atom stereocenters. The molecular formula is C16H22ClNO6S. The van der Waals surface area contributed by atoms with Gasteiger partial charge in [0.2, 0.25) is 0 Å². The van der Waals surface area contributed by atoms with Crippen LogP contribution in [0.25, 0.3) is 0 Å². The van der Waals surface area contributed by atoms with Crippen molar-refractivity contribution >= 4 is 27.8 Å². The molecule has 1 saturated heterocycles. The van der Waals surface area contributed by atoms with Gasteiger partial charge in [0.15, 0.2) is 0 Å². The van der Waals surface area contributed by atoms with E-state index in [1.54, 1.807) is 18.2 Å². The van der Waals surface area contributed by atoms with Crippen LogP contribution in [0.4, 0.5) is 4.79 Å². The number of ether oxygens (including phenoxy) is 1. The first-order valence-electron chi connectivity index (χ1n) is 7.95. The lowest BCUT2D eigenvalue weighted by Crippen LogP contribution is -2.41. The number of likely N-dealkylation sites (tertiary alicyclic amines) is 1. The molecule has 25 heavy (non-hydrogen) atoms. The van der Waals surface area contributed by atoms with Gasteiger partial charge < -0.3 is 14.7 Å². The molecule has 0 aliphatic carbocycles. The van der Waals surface area contributed by atoms with Gasteiger partial charge in [0.25, 0.3) is 10.1 Å². The Bertz CT molecular complexity index is 696. The molecule has 140 valence electrons. The monoisotopic (exact) mass is 391 g/mol. The summed E-state index contributed by atoms with van der Waals surface area (Å²) in [5.41, 5.74) is 0.837. The minimum atomic E-state index is -3.53. The molecule has 1 aromatic rings. The molecule has 0 radical (unpaired) electrons. The Kier molecular flexibility index (Phi) is 7.06. The van der Waals surface area contributed by atoms with Crippen LogP contribution in [0.15, 0.2) is 24.3 Å². The number of amides is 1. The lowest BCUT2D eigenvalue weighted by atomic mass is 9.88. The van der Waals surface area contributed by atoms with E-state index in [0.717, 1.165) is 24.7 Å². The highest BCUT2D eigenvalue weighted by Gasteiger charge is 2.31. The molecule has 1 aliphatic rings. The summed E-state index contributed by atoms with van der Waals surface area (Å²) in [4.78, 5) is 12.6. The first kappa shape index (κ1) is 20.0. The lowest BCUT2D eigenvalue weighted by molar-refractivity contribution is -0.0227. The molecule has 0 aromatic heterocycles. The van der Waals surface area contributed by atoms with Gasteiger partial charge in [-0.2, -0.15) is 8.42 Å². The fraction of sp³-hybridized carbons (Fsp3) is 0.562. The molecule has 2 atom stereocenters.